The molecular weight excluding hydrogens is 326 g/mol. The van der Waals surface area contributed by atoms with E-state index >= 15 is 0 Å². The van der Waals surface area contributed by atoms with Crippen molar-refractivity contribution in [2.75, 3.05) is 11.9 Å². The van der Waals surface area contributed by atoms with E-state index in [4.69, 9.17) is 10.00 Å². The van der Waals surface area contributed by atoms with E-state index in [1.54, 1.807) is 30.3 Å². The summed E-state index contributed by atoms with van der Waals surface area (Å²) in [5.41, 5.74) is 0.706. The van der Waals surface area contributed by atoms with Crippen molar-refractivity contribution in [1.82, 2.24) is 5.16 Å². The minimum absolute atomic E-state index is 0.0972. The molecule has 0 saturated carbocycles. The van der Waals surface area contributed by atoms with Crippen LogP contribution in [0.5, 0.6) is 5.75 Å². The molecule has 1 aromatic carbocycles. The predicted octanol–water partition coefficient (Wildman–Crippen LogP) is 2.40. The normalized spacial score (nSPS) is 10.2. The van der Waals surface area contributed by atoms with E-state index in [1.807, 2.05) is 0 Å². The zero-order valence-electron chi connectivity index (χ0n) is 10.6. The lowest BCUT2D eigenvalue weighted by molar-refractivity contribution is -0.804. The van der Waals surface area contributed by atoms with Crippen LogP contribution >= 0.6 is 15.9 Å². The standard InChI is InChI=1S/C13H12BrN3O3/c14-7-1-2-8-19-11-5-3-10(4-6-11)13-12(9-15)17(18)20-16-13/h3-6H,1-2,7-8H2. The lowest BCUT2D eigenvalue weighted by Gasteiger charge is -2.05. The lowest BCUT2D eigenvalue weighted by Crippen LogP contribution is -2.26. The molecule has 1 aromatic heterocycles. The average Bonchev–Trinajstić information content (AvgIpc) is 2.85. The van der Waals surface area contributed by atoms with E-state index in [1.165, 1.54) is 0 Å². The summed E-state index contributed by atoms with van der Waals surface area (Å²) in [6.07, 6.45) is 2.04. The Morgan fingerprint density at radius 2 is 2.10 bits per heavy atom. The van der Waals surface area contributed by atoms with Gasteiger partial charge in [0.15, 0.2) is 6.07 Å². The van der Waals surface area contributed by atoms with Gasteiger partial charge in [0.05, 0.1) is 6.61 Å². The quantitative estimate of drug-likeness (QED) is 0.459. The van der Waals surface area contributed by atoms with Crippen LogP contribution in [0.1, 0.15) is 18.5 Å². The van der Waals surface area contributed by atoms with Gasteiger partial charge in [-0.05, 0) is 42.0 Å². The SMILES string of the molecule is N#Cc1c(-c2ccc(OCCCCBr)cc2)no[n+]1[O-]. The Bertz CT molecular complexity index is 604. The smallest absolute Gasteiger partial charge is 0.302 e. The number of benzene rings is 1. The summed E-state index contributed by atoms with van der Waals surface area (Å²) in [5.74, 6) is 0.736. The van der Waals surface area contributed by atoms with E-state index in [-0.39, 0.29) is 16.3 Å². The molecule has 6 nitrogen and oxygen atoms in total. The number of hydrogen-bond acceptors (Lipinski definition) is 5. The van der Waals surface area contributed by atoms with Crippen molar-refractivity contribution in [1.29, 1.82) is 5.26 Å². The van der Waals surface area contributed by atoms with Crippen molar-refractivity contribution < 1.29 is 14.3 Å². The topological polar surface area (TPSA) is 86.0 Å². The summed E-state index contributed by atoms with van der Waals surface area (Å²) in [6, 6.07) is 8.78. The van der Waals surface area contributed by atoms with Gasteiger partial charge in [0.1, 0.15) is 5.75 Å². The van der Waals surface area contributed by atoms with E-state index in [0.29, 0.717) is 12.2 Å². The molecular formula is C13H12BrN3O3. The molecule has 0 N–H and O–H groups in total. The maximum Gasteiger partial charge on any atom is 0.302 e. The summed E-state index contributed by atoms with van der Waals surface area (Å²) in [5, 5.41) is 24.6. The van der Waals surface area contributed by atoms with Crippen molar-refractivity contribution in [2.45, 2.75) is 12.8 Å². The van der Waals surface area contributed by atoms with Crippen molar-refractivity contribution in [3.8, 4) is 23.1 Å². The van der Waals surface area contributed by atoms with Gasteiger partial charge in [-0.3, -0.25) is 4.63 Å². The Kier molecular flexibility index (Phi) is 4.96. The van der Waals surface area contributed by atoms with Gasteiger partial charge in [-0.25, -0.2) is 0 Å². The van der Waals surface area contributed by atoms with Gasteiger partial charge in [0.25, 0.3) is 5.69 Å². The van der Waals surface area contributed by atoms with Crippen molar-refractivity contribution in [3.05, 3.63) is 35.2 Å². The van der Waals surface area contributed by atoms with Crippen LogP contribution < -0.4 is 9.64 Å². The molecule has 0 amide bonds. The molecule has 0 fully saturated rings. The number of nitriles is 1. The molecule has 0 bridgehead atoms. The van der Waals surface area contributed by atoms with Crippen molar-refractivity contribution in [2.24, 2.45) is 0 Å². The monoisotopic (exact) mass is 337 g/mol. The number of unbranched alkanes of at least 4 members (excludes halogenated alkanes) is 1. The third-order valence-corrected chi connectivity index (χ3v) is 3.20. The summed E-state index contributed by atoms with van der Waals surface area (Å²) in [4.78, 5) is 0.0972. The maximum absolute atomic E-state index is 11.2. The second-order valence-electron chi connectivity index (χ2n) is 4.01. The highest BCUT2D eigenvalue weighted by atomic mass is 79.9. The highest BCUT2D eigenvalue weighted by Crippen LogP contribution is 2.22. The van der Waals surface area contributed by atoms with Crippen molar-refractivity contribution >= 4 is 15.9 Å². The van der Waals surface area contributed by atoms with Gasteiger partial charge in [0.2, 0.25) is 0 Å². The molecule has 7 heteroatoms. The van der Waals surface area contributed by atoms with Crippen LogP contribution in [0.15, 0.2) is 28.9 Å². The van der Waals surface area contributed by atoms with Crippen LogP contribution in [0.4, 0.5) is 0 Å². The van der Waals surface area contributed by atoms with Crippen LogP contribution in [0, 0.1) is 16.5 Å². The lowest BCUT2D eigenvalue weighted by atomic mass is 10.1. The molecule has 0 unspecified atom stereocenters. The molecule has 0 spiro atoms. The summed E-state index contributed by atoms with van der Waals surface area (Å²) >= 11 is 3.36. The Morgan fingerprint density at radius 1 is 1.35 bits per heavy atom. The first-order chi connectivity index (χ1) is 9.76. The van der Waals surface area contributed by atoms with Gasteiger partial charge in [0, 0.05) is 16.1 Å². The third kappa shape index (κ3) is 3.27. The summed E-state index contributed by atoms with van der Waals surface area (Å²) < 4.78 is 9.98. The Labute approximate surface area is 124 Å². The number of aromatic nitrogens is 2. The highest BCUT2D eigenvalue weighted by molar-refractivity contribution is 9.09. The third-order valence-electron chi connectivity index (χ3n) is 2.64. The van der Waals surface area contributed by atoms with Crippen molar-refractivity contribution in [3.63, 3.8) is 0 Å². The van der Waals surface area contributed by atoms with Gasteiger partial charge < -0.3 is 9.94 Å². The molecule has 0 aliphatic carbocycles. The van der Waals surface area contributed by atoms with Gasteiger partial charge in [-0.2, -0.15) is 5.26 Å². The van der Waals surface area contributed by atoms with Gasteiger partial charge >= 0.3 is 5.69 Å². The zero-order chi connectivity index (χ0) is 14.4. The molecule has 1 heterocycles. The molecule has 0 atom stereocenters. The second kappa shape index (κ2) is 6.91. The molecule has 2 aromatic rings. The predicted molar refractivity (Wildman–Crippen MR) is 74.1 cm³/mol. The number of rotatable bonds is 6. The largest absolute Gasteiger partial charge is 0.494 e. The molecule has 20 heavy (non-hydrogen) atoms. The second-order valence-corrected chi connectivity index (χ2v) is 4.80. The van der Waals surface area contributed by atoms with Crippen LogP contribution in [-0.2, 0) is 0 Å². The minimum Gasteiger partial charge on any atom is -0.494 e. The molecule has 0 aliphatic rings. The van der Waals surface area contributed by atoms with Crippen LogP contribution in [-0.4, -0.2) is 17.1 Å². The zero-order valence-corrected chi connectivity index (χ0v) is 12.2. The van der Waals surface area contributed by atoms with E-state index in [0.717, 1.165) is 23.9 Å². The first-order valence-electron chi connectivity index (χ1n) is 6.05. The summed E-state index contributed by atoms with van der Waals surface area (Å²) in [7, 11) is 0. The molecule has 0 aliphatic heterocycles. The van der Waals surface area contributed by atoms with E-state index in [9.17, 15) is 5.21 Å². The summed E-state index contributed by atoms with van der Waals surface area (Å²) in [6.45, 7) is 0.652. The first-order valence-corrected chi connectivity index (χ1v) is 7.17. The maximum atomic E-state index is 11.2. The van der Waals surface area contributed by atoms with Gasteiger partial charge in [-0.15, -0.1) is 0 Å². The molecule has 0 radical (unpaired) electrons. The fourth-order valence-electron chi connectivity index (χ4n) is 1.63. The first kappa shape index (κ1) is 14.3. The van der Waals surface area contributed by atoms with Crippen LogP contribution in [0.2, 0.25) is 0 Å². The molecule has 104 valence electrons. The number of hydrogen-bond donors (Lipinski definition) is 0. The average molecular weight is 338 g/mol. The van der Waals surface area contributed by atoms with E-state index < -0.39 is 0 Å². The molecule has 0 saturated heterocycles. The number of halogens is 1. The Morgan fingerprint density at radius 3 is 2.75 bits per heavy atom. The highest BCUT2D eigenvalue weighted by Gasteiger charge is 2.20. The van der Waals surface area contributed by atoms with Gasteiger partial charge in [-0.1, -0.05) is 15.9 Å². The molecule has 2 rings (SSSR count). The number of alkyl halides is 1. The fourth-order valence-corrected chi connectivity index (χ4v) is 2.02. The Balaban J connectivity index is 2.06. The van der Waals surface area contributed by atoms with E-state index in [2.05, 4.69) is 25.7 Å². The number of ether oxygens (including phenoxy) is 1. The Hall–Kier alpha value is -2.07. The van der Waals surface area contributed by atoms with Crippen LogP contribution in [0.3, 0.4) is 0 Å². The van der Waals surface area contributed by atoms with Crippen LogP contribution in [0.25, 0.3) is 11.3 Å². The fraction of sp³-hybridized carbons (Fsp3) is 0.308. The minimum atomic E-state index is -0.156. The number of nitrogens with zero attached hydrogens (tertiary/aromatic N) is 3.